The second-order valence-electron chi connectivity index (χ2n) is 11.2. The van der Waals surface area contributed by atoms with Gasteiger partial charge in [0.05, 0.1) is 0 Å². The van der Waals surface area contributed by atoms with E-state index in [1.165, 1.54) is 45.4 Å². The normalized spacial score (nSPS) is 50.2. The van der Waals surface area contributed by atoms with Gasteiger partial charge in [-0.3, -0.25) is 9.59 Å². The number of ether oxygens (including phenoxy) is 1. The van der Waals surface area contributed by atoms with E-state index < -0.39 is 11.6 Å². The lowest BCUT2D eigenvalue weighted by Gasteiger charge is -2.65. The Morgan fingerprint density at radius 1 is 0.893 bits per heavy atom. The van der Waals surface area contributed by atoms with E-state index >= 15 is 0 Å². The van der Waals surface area contributed by atoms with Crippen LogP contribution in [0.25, 0.3) is 0 Å². The van der Waals surface area contributed by atoms with Crippen LogP contribution in [0.1, 0.15) is 91.9 Å². The number of hydrogen-bond donors (Lipinski definition) is 1. The molecule has 0 aromatic carbocycles. The number of ketones is 1. The third-order valence-corrected chi connectivity index (χ3v) is 10.4. The Bertz CT molecular complexity index is 674. The molecule has 0 aromatic rings. The van der Waals surface area contributed by atoms with Crippen molar-refractivity contribution in [3.8, 4) is 0 Å². The third kappa shape index (κ3) is 2.58. The quantitative estimate of drug-likeness (QED) is 0.711. The van der Waals surface area contributed by atoms with Crippen LogP contribution in [0, 0.1) is 34.0 Å². The lowest BCUT2D eigenvalue weighted by atomic mass is 9.40. The summed E-state index contributed by atoms with van der Waals surface area (Å²) in [5.41, 5.74) is -0.866. The monoisotopic (exact) mass is 390 g/mol. The van der Waals surface area contributed by atoms with Crippen LogP contribution in [-0.4, -0.2) is 29.1 Å². The van der Waals surface area contributed by atoms with Gasteiger partial charge in [0.2, 0.25) is 5.78 Å². The molecule has 4 aliphatic carbocycles. The van der Waals surface area contributed by atoms with E-state index in [4.69, 9.17) is 4.74 Å². The Balaban J connectivity index is 1.60. The van der Waals surface area contributed by atoms with Crippen LogP contribution in [0.4, 0.5) is 0 Å². The molecule has 4 aliphatic rings. The molecule has 158 valence electrons. The van der Waals surface area contributed by atoms with Gasteiger partial charge in [-0.2, -0.15) is 0 Å². The Hall–Kier alpha value is -0.900. The number of carbonyl (C=O) groups is 2. The van der Waals surface area contributed by atoms with Crippen molar-refractivity contribution in [1.29, 1.82) is 0 Å². The van der Waals surface area contributed by atoms with Gasteiger partial charge in [-0.25, -0.2) is 0 Å². The molecule has 4 saturated carbocycles. The van der Waals surface area contributed by atoms with Crippen molar-refractivity contribution < 1.29 is 19.4 Å². The molecule has 28 heavy (non-hydrogen) atoms. The summed E-state index contributed by atoms with van der Waals surface area (Å²) in [5, 5.41) is 11.5. The van der Waals surface area contributed by atoms with Crippen LogP contribution in [-0.2, 0) is 14.3 Å². The van der Waals surface area contributed by atoms with E-state index in [2.05, 4.69) is 20.8 Å². The summed E-state index contributed by atoms with van der Waals surface area (Å²) in [6.45, 7) is 8.25. The molecule has 4 nitrogen and oxygen atoms in total. The molecular formula is C24H38O4. The maximum Gasteiger partial charge on any atom is 0.303 e. The SMILES string of the molecule is CC(=O)OCC(=O)[C@]1(O)CCC2C3CC[C@@]4(C)CCCCC4(C)C3CCC21C. The molecule has 0 radical (unpaired) electrons. The zero-order valence-electron chi connectivity index (χ0n) is 18.2. The summed E-state index contributed by atoms with van der Waals surface area (Å²) in [6, 6.07) is 0. The van der Waals surface area contributed by atoms with Gasteiger partial charge < -0.3 is 9.84 Å². The number of fused-ring (bicyclic) bond motifs is 5. The zero-order valence-corrected chi connectivity index (χ0v) is 18.2. The molecule has 1 N–H and O–H groups in total. The first kappa shape index (κ1) is 20.4. The molecule has 0 amide bonds. The van der Waals surface area contributed by atoms with Crippen LogP contribution >= 0.6 is 0 Å². The van der Waals surface area contributed by atoms with Crippen LogP contribution in [0.2, 0.25) is 0 Å². The third-order valence-electron chi connectivity index (χ3n) is 10.4. The summed E-state index contributed by atoms with van der Waals surface area (Å²) in [5.74, 6) is 0.981. The van der Waals surface area contributed by atoms with E-state index in [0.717, 1.165) is 25.2 Å². The molecule has 0 saturated heterocycles. The molecule has 0 spiro atoms. The first-order valence-electron chi connectivity index (χ1n) is 11.5. The number of rotatable bonds is 3. The second-order valence-corrected chi connectivity index (χ2v) is 11.2. The van der Waals surface area contributed by atoms with Gasteiger partial charge >= 0.3 is 5.97 Å². The minimum absolute atomic E-state index is 0.294. The van der Waals surface area contributed by atoms with Crippen molar-refractivity contribution in [2.24, 2.45) is 34.0 Å². The lowest BCUT2D eigenvalue weighted by molar-refractivity contribution is -0.184. The molecule has 4 heteroatoms. The standard InChI is InChI=1S/C24H38O4/c1-16(25)28-15-20(26)24(27)14-9-19-17-7-12-21(2)10-5-6-11-22(21,3)18(17)8-13-23(19,24)4/h17-19,27H,5-15H2,1-4H3/t17?,18?,19?,21-,22?,23?,24-/m1/s1. The van der Waals surface area contributed by atoms with Gasteiger partial charge in [0.25, 0.3) is 0 Å². The summed E-state index contributed by atoms with van der Waals surface area (Å²) in [7, 11) is 0. The van der Waals surface area contributed by atoms with Crippen LogP contribution in [0.15, 0.2) is 0 Å². The van der Waals surface area contributed by atoms with Crippen molar-refractivity contribution in [2.75, 3.05) is 6.61 Å². The maximum atomic E-state index is 12.9. The van der Waals surface area contributed by atoms with Gasteiger partial charge in [-0.05, 0) is 80.0 Å². The molecule has 0 aliphatic heterocycles. The highest BCUT2D eigenvalue weighted by atomic mass is 16.5. The molecular weight excluding hydrogens is 352 g/mol. The molecule has 0 heterocycles. The van der Waals surface area contributed by atoms with E-state index in [-0.39, 0.29) is 17.8 Å². The second kappa shape index (κ2) is 6.55. The van der Waals surface area contributed by atoms with Crippen molar-refractivity contribution in [1.82, 2.24) is 0 Å². The van der Waals surface area contributed by atoms with Crippen molar-refractivity contribution in [3.05, 3.63) is 0 Å². The lowest BCUT2D eigenvalue weighted by Crippen LogP contribution is -2.60. The van der Waals surface area contributed by atoms with Gasteiger partial charge in [-0.15, -0.1) is 0 Å². The van der Waals surface area contributed by atoms with E-state index in [9.17, 15) is 14.7 Å². The largest absolute Gasteiger partial charge is 0.458 e. The fourth-order valence-electron chi connectivity index (χ4n) is 8.37. The Kier molecular flexibility index (Phi) is 4.77. The van der Waals surface area contributed by atoms with Gasteiger partial charge in [0.1, 0.15) is 5.60 Å². The van der Waals surface area contributed by atoms with E-state index in [1.54, 1.807) is 0 Å². The number of hydrogen-bond acceptors (Lipinski definition) is 4. The maximum absolute atomic E-state index is 12.9. The predicted molar refractivity (Wildman–Crippen MR) is 108 cm³/mol. The van der Waals surface area contributed by atoms with Gasteiger partial charge in [0.15, 0.2) is 6.61 Å². The average Bonchev–Trinajstić information content (AvgIpc) is 2.92. The highest BCUT2D eigenvalue weighted by Crippen LogP contribution is 2.71. The van der Waals surface area contributed by atoms with Crippen molar-refractivity contribution in [2.45, 2.75) is 97.5 Å². The predicted octanol–water partition coefficient (Wildman–Crippen LogP) is 4.67. The van der Waals surface area contributed by atoms with Crippen LogP contribution in [0.5, 0.6) is 0 Å². The Morgan fingerprint density at radius 3 is 2.25 bits per heavy atom. The van der Waals surface area contributed by atoms with Gasteiger partial charge in [-0.1, -0.05) is 33.6 Å². The molecule has 4 fully saturated rings. The minimum Gasteiger partial charge on any atom is -0.458 e. The number of Topliss-reactive ketones (excluding diaryl/α,β-unsaturated/α-hetero) is 1. The van der Waals surface area contributed by atoms with Crippen LogP contribution < -0.4 is 0 Å². The van der Waals surface area contributed by atoms with Crippen molar-refractivity contribution in [3.63, 3.8) is 0 Å². The van der Waals surface area contributed by atoms with Gasteiger partial charge in [0, 0.05) is 12.3 Å². The van der Waals surface area contributed by atoms with Crippen molar-refractivity contribution >= 4 is 11.8 Å². The summed E-state index contributed by atoms with van der Waals surface area (Å²) in [4.78, 5) is 24.1. The fourth-order valence-corrected chi connectivity index (χ4v) is 8.37. The Labute approximate surface area is 169 Å². The number of carbonyl (C=O) groups excluding carboxylic acids is 2. The van der Waals surface area contributed by atoms with E-state index in [0.29, 0.717) is 29.1 Å². The Morgan fingerprint density at radius 2 is 1.54 bits per heavy atom. The molecule has 5 unspecified atom stereocenters. The minimum atomic E-state index is -1.34. The first-order valence-corrected chi connectivity index (χ1v) is 11.5. The molecule has 7 atom stereocenters. The smallest absolute Gasteiger partial charge is 0.303 e. The first-order chi connectivity index (χ1) is 13.1. The summed E-state index contributed by atoms with van der Waals surface area (Å²) >= 11 is 0. The number of aliphatic hydroxyl groups is 1. The zero-order chi connectivity index (χ0) is 20.4. The highest BCUT2D eigenvalue weighted by molar-refractivity contribution is 5.90. The van der Waals surface area contributed by atoms with Crippen LogP contribution in [0.3, 0.4) is 0 Å². The highest BCUT2D eigenvalue weighted by Gasteiger charge is 2.67. The average molecular weight is 391 g/mol. The summed E-state index contributed by atoms with van der Waals surface area (Å²) < 4.78 is 4.96. The molecule has 0 aromatic heterocycles. The van der Waals surface area contributed by atoms with E-state index in [1.807, 2.05) is 0 Å². The summed E-state index contributed by atoms with van der Waals surface area (Å²) in [6.07, 6.45) is 11.4. The number of esters is 1. The molecule has 0 bridgehead atoms. The molecule has 4 rings (SSSR count). The fraction of sp³-hybridized carbons (Fsp3) is 0.917. The topological polar surface area (TPSA) is 63.6 Å².